The largest absolute Gasteiger partial charge is 0.506 e. The van der Waals surface area contributed by atoms with Crippen molar-refractivity contribution in [2.24, 2.45) is 5.10 Å². The van der Waals surface area contributed by atoms with Crippen LogP contribution in [-0.4, -0.2) is 29.8 Å². The van der Waals surface area contributed by atoms with Gasteiger partial charge in [0, 0.05) is 5.38 Å². The predicted molar refractivity (Wildman–Crippen MR) is 119 cm³/mol. The third kappa shape index (κ3) is 3.88. The van der Waals surface area contributed by atoms with E-state index in [0.717, 1.165) is 34.6 Å². The molecule has 0 spiro atoms. The molecular weight excluding hydrogens is 420 g/mol. The molecule has 0 aliphatic heterocycles. The van der Waals surface area contributed by atoms with Crippen LogP contribution in [-0.2, 0) is 17.6 Å². The fourth-order valence-corrected chi connectivity index (χ4v) is 5.26. The lowest BCUT2D eigenvalue weighted by molar-refractivity contribution is 0.0606. The lowest BCUT2D eigenvalue weighted by Gasteiger charge is -2.05. The Balaban J connectivity index is 1.50. The Bertz CT molecular complexity index is 1160. The topological polar surface area (TPSA) is 88.0 Å². The maximum atomic E-state index is 12.3. The van der Waals surface area contributed by atoms with Crippen molar-refractivity contribution < 1.29 is 19.4 Å². The zero-order valence-electron chi connectivity index (χ0n) is 16.5. The summed E-state index contributed by atoms with van der Waals surface area (Å²) >= 11 is 2.48. The summed E-state index contributed by atoms with van der Waals surface area (Å²) in [5.74, 6) is -0.748. The average Bonchev–Trinajstić information content (AvgIpc) is 3.49. The van der Waals surface area contributed by atoms with E-state index in [1.165, 1.54) is 42.1 Å². The lowest BCUT2D eigenvalue weighted by atomic mass is 10.0. The number of ether oxygens (including phenoxy) is 1. The number of aryl methyl sites for hydroxylation is 2. The van der Waals surface area contributed by atoms with Crippen LogP contribution in [0.2, 0.25) is 0 Å². The normalized spacial score (nSPS) is 13.2. The van der Waals surface area contributed by atoms with Crippen molar-refractivity contribution in [3.05, 3.63) is 62.2 Å². The molecule has 3 aromatic rings. The molecule has 30 heavy (non-hydrogen) atoms. The third-order valence-electron chi connectivity index (χ3n) is 5.06. The summed E-state index contributed by atoms with van der Waals surface area (Å²) in [4.78, 5) is 25.3. The van der Waals surface area contributed by atoms with Gasteiger partial charge in [-0.25, -0.2) is 10.2 Å². The maximum absolute atomic E-state index is 12.3. The summed E-state index contributed by atoms with van der Waals surface area (Å²) in [5, 5.41) is 16.7. The molecule has 1 aliphatic carbocycles. The Morgan fingerprint density at radius 3 is 2.70 bits per heavy atom. The average molecular weight is 441 g/mol. The van der Waals surface area contributed by atoms with Crippen LogP contribution in [0.15, 0.2) is 40.8 Å². The smallest absolute Gasteiger partial charge is 0.348 e. The van der Waals surface area contributed by atoms with Gasteiger partial charge in [0.05, 0.1) is 28.1 Å². The van der Waals surface area contributed by atoms with Gasteiger partial charge in [-0.3, -0.25) is 4.79 Å². The van der Waals surface area contributed by atoms with E-state index in [0.29, 0.717) is 21.0 Å². The van der Waals surface area contributed by atoms with E-state index in [1.807, 2.05) is 11.4 Å². The molecule has 0 radical (unpaired) electrons. The Morgan fingerprint density at radius 1 is 1.13 bits per heavy atom. The first-order valence-corrected chi connectivity index (χ1v) is 11.1. The Hall–Kier alpha value is -2.97. The second-order valence-electron chi connectivity index (χ2n) is 6.96. The molecule has 0 bridgehead atoms. The highest BCUT2D eigenvalue weighted by molar-refractivity contribution is 7.16. The van der Waals surface area contributed by atoms with Gasteiger partial charge < -0.3 is 9.84 Å². The highest BCUT2D eigenvalue weighted by Gasteiger charge is 2.18. The molecule has 2 N–H and O–H groups in total. The number of carbonyl (C=O) groups is 2. The summed E-state index contributed by atoms with van der Waals surface area (Å²) < 4.78 is 4.65. The van der Waals surface area contributed by atoms with E-state index < -0.39 is 11.9 Å². The summed E-state index contributed by atoms with van der Waals surface area (Å²) in [7, 11) is 1.29. The van der Waals surface area contributed by atoms with Crippen LogP contribution in [0.5, 0.6) is 5.75 Å². The first-order chi connectivity index (χ1) is 14.5. The molecule has 0 atom stereocenters. The number of esters is 1. The summed E-state index contributed by atoms with van der Waals surface area (Å²) in [6.07, 6.45) is 3.38. The van der Waals surface area contributed by atoms with Gasteiger partial charge in [-0.2, -0.15) is 5.10 Å². The minimum atomic E-state index is -0.485. The molecule has 0 saturated heterocycles. The van der Waals surface area contributed by atoms with Crippen molar-refractivity contribution in [1.29, 1.82) is 0 Å². The van der Waals surface area contributed by atoms with Crippen molar-refractivity contribution in [1.82, 2.24) is 5.43 Å². The van der Waals surface area contributed by atoms with E-state index in [-0.39, 0.29) is 5.75 Å². The Kier molecular flexibility index (Phi) is 5.69. The number of hydrogen-bond acceptors (Lipinski definition) is 7. The molecule has 4 rings (SSSR count). The molecule has 1 aliphatic rings. The van der Waals surface area contributed by atoms with E-state index in [1.54, 1.807) is 13.0 Å². The van der Waals surface area contributed by atoms with Crippen LogP contribution in [0.4, 0.5) is 0 Å². The van der Waals surface area contributed by atoms with Crippen LogP contribution in [0, 0.1) is 0 Å². The zero-order valence-corrected chi connectivity index (χ0v) is 18.2. The van der Waals surface area contributed by atoms with Gasteiger partial charge in [0.1, 0.15) is 10.6 Å². The Morgan fingerprint density at radius 2 is 1.90 bits per heavy atom. The minimum absolute atomic E-state index is 0.164. The predicted octanol–water partition coefficient (Wildman–Crippen LogP) is 4.61. The molecule has 2 heterocycles. The fraction of sp³-hybridized carbons (Fsp3) is 0.227. The molecule has 154 valence electrons. The van der Waals surface area contributed by atoms with Gasteiger partial charge in [-0.1, -0.05) is 12.1 Å². The number of hydrazone groups is 1. The first-order valence-electron chi connectivity index (χ1n) is 9.43. The first kappa shape index (κ1) is 20.3. The number of hydrogen-bond donors (Lipinski definition) is 2. The summed E-state index contributed by atoms with van der Waals surface area (Å²) in [6.45, 7) is 1.73. The zero-order chi connectivity index (χ0) is 21.3. The SMILES string of the molecule is COC(=O)c1ccc(C(=O)N/N=C(\C)c2csc(-c3ccc4c(c3)CCC4)c2O)s1. The molecule has 8 heteroatoms. The van der Waals surface area contributed by atoms with Crippen molar-refractivity contribution >= 4 is 40.3 Å². The van der Waals surface area contributed by atoms with Crippen LogP contribution in [0.3, 0.4) is 0 Å². The highest BCUT2D eigenvalue weighted by atomic mass is 32.1. The summed E-state index contributed by atoms with van der Waals surface area (Å²) in [6, 6.07) is 9.42. The Labute approximate surface area is 181 Å². The highest BCUT2D eigenvalue weighted by Crippen LogP contribution is 2.40. The molecule has 2 aromatic heterocycles. The minimum Gasteiger partial charge on any atom is -0.506 e. The molecule has 0 fully saturated rings. The number of benzene rings is 1. The lowest BCUT2D eigenvalue weighted by Crippen LogP contribution is -2.18. The van der Waals surface area contributed by atoms with Gasteiger partial charge in [0.15, 0.2) is 0 Å². The number of methoxy groups -OCH3 is 1. The number of thiophene rings is 2. The van der Waals surface area contributed by atoms with Crippen LogP contribution >= 0.6 is 22.7 Å². The van der Waals surface area contributed by atoms with Crippen LogP contribution in [0.25, 0.3) is 10.4 Å². The quantitative estimate of drug-likeness (QED) is 0.344. The third-order valence-corrected chi connectivity index (χ3v) is 7.14. The van der Waals surface area contributed by atoms with Gasteiger partial charge in [0.2, 0.25) is 0 Å². The van der Waals surface area contributed by atoms with E-state index in [2.05, 4.69) is 27.4 Å². The number of nitrogens with zero attached hydrogens (tertiary/aromatic N) is 1. The van der Waals surface area contributed by atoms with Gasteiger partial charge in [0.25, 0.3) is 5.91 Å². The molecule has 6 nitrogen and oxygen atoms in total. The van der Waals surface area contributed by atoms with Crippen molar-refractivity contribution in [2.75, 3.05) is 7.11 Å². The van der Waals surface area contributed by atoms with Crippen molar-refractivity contribution in [2.45, 2.75) is 26.2 Å². The summed E-state index contributed by atoms with van der Waals surface area (Å²) in [5.41, 5.74) is 7.29. The van der Waals surface area contributed by atoms with Crippen molar-refractivity contribution in [3.63, 3.8) is 0 Å². The second-order valence-corrected chi connectivity index (χ2v) is 8.92. The fourth-order valence-electron chi connectivity index (χ4n) is 3.45. The van der Waals surface area contributed by atoms with E-state index >= 15 is 0 Å². The number of rotatable bonds is 5. The van der Waals surface area contributed by atoms with Gasteiger partial charge in [-0.15, -0.1) is 22.7 Å². The maximum Gasteiger partial charge on any atom is 0.348 e. The number of nitrogens with one attached hydrogen (secondary N) is 1. The number of aromatic hydroxyl groups is 1. The number of carbonyl (C=O) groups excluding carboxylic acids is 2. The number of amides is 1. The standard InChI is InChI=1S/C22H20N2O4S2/c1-12(23-24-21(26)17-8-9-18(30-17)22(27)28-2)16-11-29-20(19(16)25)15-7-6-13-4-3-5-14(13)10-15/h6-11,25H,3-5H2,1-2H3,(H,24,26)/b23-12+. The van der Waals surface area contributed by atoms with E-state index in [4.69, 9.17) is 0 Å². The van der Waals surface area contributed by atoms with Crippen LogP contribution in [0.1, 0.15) is 49.4 Å². The molecule has 1 amide bonds. The van der Waals surface area contributed by atoms with Crippen molar-refractivity contribution in [3.8, 4) is 16.2 Å². The molecule has 0 saturated carbocycles. The molecule has 0 unspecified atom stereocenters. The van der Waals surface area contributed by atoms with Gasteiger partial charge >= 0.3 is 5.97 Å². The number of fused-ring (bicyclic) bond motifs is 1. The second kappa shape index (κ2) is 8.41. The molecule has 1 aromatic carbocycles. The monoisotopic (exact) mass is 440 g/mol. The van der Waals surface area contributed by atoms with Gasteiger partial charge in [-0.05, 0) is 61.1 Å². The van der Waals surface area contributed by atoms with E-state index in [9.17, 15) is 14.7 Å². The van der Waals surface area contributed by atoms with Crippen LogP contribution < -0.4 is 5.43 Å². The molecular formula is C22H20N2O4S2.